The van der Waals surface area contributed by atoms with E-state index in [9.17, 15) is 4.79 Å². The normalized spacial score (nSPS) is 18.2. The van der Waals surface area contributed by atoms with Gasteiger partial charge in [-0.25, -0.2) is 4.79 Å². The fraction of sp³-hybridized carbons (Fsp3) is 0.568. The number of hydrogen-bond acceptors (Lipinski definition) is 6. The van der Waals surface area contributed by atoms with E-state index in [4.69, 9.17) is 18.7 Å². The molecule has 6 nitrogen and oxygen atoms in total. The molecule has 3 rings (SSSR count). The summed E-state index contributed by atoms with van der Waals surface area (Å²) in [4.78, 5) is 17.9. The van der Waals surface area contributed by atoms with Gasteiger partial charge in [0, 0.05) is 18.9 Å². The molecule has 1 fully saturated rings. The van der Waals surface area contributed by atoms with E-state index in [1.807, 2.05) is 32.9 Å². The summed E-state index contributed by atoms with van der Waals surface area (Å²) in [5, 5.41) is 6.52. The highest BCUT2D eigenvalue weighted by Crippen LogP contribution is 2.38. The Labute approximate surface area is 267 Å². The molecule has 0 spiro atoms. The van der Waals surface area contributed by atoms with Gasteiger partial charge >= 0.3 is 5.97 Å². The lowest BCUT2D eigenvalue weighted by Crippen LogP contribution is -2.66. The maximum Gasteiger partial charge on any atom is 0.332 e. The van der Waals surface area contributed by atoms with Crippen molar-refractivity contribution >= 4 is 30.4 Å². The second-order valence-corrected chi connectivity index (χ2v) is 18.6. The molecular formula is C37H53NO5Si. The Morgan fingerprint density at radius 2 is 1.52 bits per heavy atom. The molecule has 0 saturated heterocycles. The van der Waals surface area contributed by atoms with E-state index in [2.05, 4.69) is 100 Å². The fourth-order valence-electron chi connectivity index (χ4n) is 6.07. The molecule has 0 aliphatic heterocycles. The van der Waals surface area contributed by atoms with E-state index in [0.29, 0.717) is 30.6 Å². The number of carbonyl (C=O) groups excluding carboxylic acids is 1. The third kappa shape index (κ3) is 10.1. The average molecular weight is 620 g/mol. The van der Waals surface area contributed by atoms with E-state index >= 15 is 0 Å². The minimum atomic E-state index is -2.75. The van der Waals surface area contributed by atoms with Gasteiger partial charge in [-0.05, 0) is 73.2 Å². The summed E-state index contributed by atoms with van der Waals surface area (Å²) in [6.45, 7) is 17.0. The number of esters is 1. The smallest absolute Gasteiger partial charge is 0.332 e. The van der Waals surface area contributed by atoms with Crippen molar-refractivity contribution in [2.24, 2.45) is 22.9 Å². The van der Waals surface area contributed by atoms with Gasteiger partial charge in [0.05, 0.1) is 0 Å². The van der Waals surface area contributed by atoms with Crippen LogP contribution < -0.4 is 10.4 Å². The lowest BCUT2D eigenvalue weighted by Gasteiger charge is -2.43. The molecule has 1 saturated carbocycles. The molecule has 7 heteroatoms. The standard InChI is InChI=1S/C37H53NO5Si/c1-28(2)24-30-25-29(26-30)20-21-33(38-40-9)34(41-27-35(39)43-36(3,4)5)22-23-42-44(37(6,7)8,31-16-12-10-13-17-31)32-18-14-11-15-19-32/h10-19,28-30,34H,22-27H2,1-9H3/b38-33+. The van der Waals surface area contributed by atoms with Crippen molar-refractivity contribution in [1.82, 2.24) is 0 Å². The van der Waals surface area contributed by atoms with Crippen LogP contribution in [0.2, 0.25) is 5.04 Å². The SMILES string of the molecule is CO/N=C(\C#CC1CC(CC(C)C)C1)C(CCO[Si](c1ccccc1)(c1ccccc1)C(C)(C)C)OCC(=O)OC(C)(C)C. The van der Waals surface area contributed by atoms with Crippen LogP contribution in [0.4, 0.5) is 0 Å². The Kier molecular flexibility index (Phi) is 12.8. The van der Waals surface area contributed by atoms with Crippen LogP contribution in [-0.4, -0.2) is 52.0 Å². The first-order valence-corrected chi connectivity index (χ1v) is 17.9. The zero-order valence-corrected chi connectivity index (χ0v) is 29.3. The first kappa shape index (κ1) is 35.6. The third-order valence-corrected chi connectivity index (χ3v) is 12.9. The Bertz CT molecular complexity index is 1220. The highest BCUT2D eigenvalue weighted by molar-refractivity contribution is 6.99. The Morgan fingerprint density at radius 1 is 0.955 bits per heavy atom. The zero-order valence-electron chi connectivity index (χ0n) is 28.3. The molecule has 0 bridgehead atoms. The van der Waals surface area contributed by atoms with E-state index in [-0.39, 0.29) is 11.6 Å². The van der Waals surface area contributed by atoms with Gasteiger partial charge in [0.1, 0.15) is 25.4 Å². The molecule has 1 aliphatic carbocycles. The lowest BCUT2D eigenvalue weighted by atomic mass is 9.72. The molecule has 1 atom stereocenters. The highest BCUT2D eigenvalue weighted by Gasteiger charge is 2.50. The highest BCUT2D eigenvalue weighted by atomic mass is 28.4. The predicted octanol–water partition coefficient (Wildman–Crippen LogP) is 6.76. The largest absolute Gasteiger partial charge is 0.458 e. The van der Waals surface area contributed by atoms with Crippen LogP contribution in [-0.2, 0) is 23.5 Å². The van der Waals surface area contributed by atoms with Crippen LogP contribution >= 0.6 is 0 Å². The summed E-state index contributed by atoms with van der Waals surface area (Å²) in [5.41, 5.74) is -0.142. The topological polar surface area (TPSA) is 66.3 Å². The van der Waals surface area contributed by atoms with Gasteiger partial charge in [0.2, 0.25) is 0 Å². The van der Waals surface area contributed by atoms with Crippen LogP contribution in [0.5, 0.6) is 0 Å². The quantitative estimate of drug-likeness (QED) is 0.0815. The minimum absolute atomic E-state index is 0.164. The summed E-state index contributed by atoms with van der Waals surface area (Å²) in [5.74, 6) is 8.00. The molecule has 44 heavy (non-hydrogen) atoms. The number of ether oxygens (including phenoxy) is 2. The minimum Gasteiger partial charge on any atom is -0.458 e. The molecule has 0 radical (unpaired) electrons. The van der Waals surface area contributed by atoms with E-state index in [0.717, 1.165) is 18.8 Å². The lowest BCUT2D eigenvalue weighted by molar-refractivity contribution is -0.161. The second-order valence-electron chi connectivity index (χ2n) is 14.3. The van der Waals surface area contributed by atoms with Crippen LogP contribution in [0.25, 0.3) is 0 Å². The second kappa shape index (κ2) is 15.9. The van der Waals surface area contributed by atoms with E-state index in [1.54, 1.807) is 0 Å². The van der Waals surface area contributed by atoms with Crippen molar-refractivity contribution in [3.63, 3.8) is 0 Å². The molecule has 0 heterocycles. The zero-order chi connectivity index (χ0) is 32.4. The van der Waals surface area contributed by atoms with Gasteiger partial charge in [0.15, 0.2) is 5.71 Å². The Morgan fingerprint density at radius 3 is 2.00 bits per heavy atom. The fourth-order valence-corrected chi connectivity index (χ4v) is 10.6. The predicted molar refractivity (Wildman–Crippen MR) is 182 cm³/mol. The molecular weight excluding hydrogens is 566 g/mol. The van der Waals surface area contributed by atoms with Crippen molar-refractivity contribution in [1.29, 1.82) is 0 Å². The molecule has 0 N–H and O–H groups in total. The van der Waals surface area contributed by atoms with Gasteiger partial charge in [-0.15, -0.1) is 0 Å². The first-order chi connectivity index (χ1) is 20.7. The number of rotatable bonds is 13. The summed E-state index contributed by atoms with van der Waals surface area (Å²) in [7, 11) is -1.25. The van der Waals surface area contributed by atoms with Crippen molar-refractivity contribution < 1.29 is 23.5 Å². The maximum atomic E-state index is 12.6. The van der Waals surface area contributed by atoms with Crippen molar-refractivity contribution in [2.75, 3.05) is 20.3 Å². The summed E-state index contributed by atoms with van der Waals surface area (Å²) in [6, 6.07) is 21.1. The average Bonchev–Trinajstić information content (AvgIpc) is 2.92. The number of oxime groups is 1. The monoisotopic (exact) mass is 619 g/mol. The van der Waals surface area contributed by atoms with Gasteiger partial charge in [-0.3, -0.25) is 0 Å². The molecule has 240 valence electrons. The summed E-state index contributed by atoms with van der Waals surface area (Å²) < 4.78 is 18.8. The van der Waals surface area contributed by atoms with Gasteiger partial charge in [-0.2, -0.15) is 0 Å². The van der Waals surface area contributed by atoms with Crippen LogP contribution in [0.15, 0.2) is 65.8 Å². The molecule has 1 unspecified atom stereocenters. The van der Waals surface area contributed by atoms with Gasteiger partial charge in [0.25, 0.3) is 8.32 Å². The number of hydrogen-bond donors (Lipinski definition) is 0. The summed E-state index contributed by atoms with van der Waals surface area (Å²) in [6.07, 6.45) is 3.29. The van der Waals surface area contributed by atoms with E-state index < -0.39 is 26.0 Å². The van der Waals surface area contributed by atoms with Crippen LogP contribution in [0.1, 0.15) is 81.1 Å². The summed E-state index contributed by atoms with van der Waals surface area (Å²) >= 11 is 0. The van der Waals surface area contributed by atoms with Crippen LogP contribution in [0, 0.1) is 29.6 Å². The molecule has 2 aromatic carbocycles. The molecule has 2 aromatic rings. The Hall–Kier alpha value is -2.92. The van der Waals surface area contributed by atoms with E-state index in [1.165, 1.54) is 23.9 Å². The third-order valence-electron chi connectivity index (χ3n) is 7.88. The molecule has 0 aromatic heterocycles. The van der Waals surface area contributed by atoms with Crippen molar-refractivity contribution in [2.45, 2.75) is 97.8 Å². The molecule has 1 aliphatic rings. The van der Waals surface area contributed by atoms with Crippen molar-refractivity contribution in [3.8, 4) is 11.8 Å². The maximum absolute atomic E-state index is 12.6. The van der Waals surface area contributed by atoms with Crippen LogP contribution in [0.3, 0.4) is 0 Å². The number of benzene rings is 2. The van der Waals surface area contributed by atoms with Gasteiger partial charge in [-0.1, -0.05) is 106 Å². The van der Waals surface area contributed by atoms with Gasteiger partial charge < -0.3 is 18.7 Å². The Balaban J connectivity index is 1.88. The number of nitrogens with zero attached hydrogens (tertiary/aromatic N) is 1. The first-order valence-electron chi connectivity index (χ1n) is 16.0. The number of carbonyl (C=O) groups is 1. The van der Waals surface area contributed by atoms with Crippen molar-refractivity contribution in [3.05, 3.63) is 60.7 Å². The molecule has 0 amide bonds.